The quantitative estimate of drug-likeness (QED) is 0.617. The number of benzene rings is 2. The number of hydrogen-bond donors (Lipinski definition) is 2. The molecule has 0 bridgehead atoms. The molecule has 0 radical (unpaired) electrons. The van der Waals surface area contributed by atoms with Crippen molar-refractivity contribution >= 4 is 41.1 Å². The highest BCUT2D eigenvalue weighted by Crippen LogP contribution is 2.21. The van der Waals surface area contributed by atoms with E-state index in [9.17, 15) is 9.59 Å². The summed E-state index contributed by atoms with van der Waals surface area (Å²) < 4.78 is 5.33. The fraction of sp³-hybridized carbons (Fsp3) is 0.111. The summed E-state index contributed by atoms with van der Waals surface area (Å²) in [5.74, 6) is -0.401. The van der Waals surface area contributed by atoms with Crippen LogP contribution in [0.15, 0.2) is 48.5 Å². The van der Waals surface area contributed by atoms with Crippen LogP contribution in [0.25, 0.3) is 6.08 Å². The molecule has 130 valence electrons. The minimum Gasteiger partial charge on any atom is -0.484 e. The molecular weight excluding hydrogens is 363 g/mol. The van der Waals surface area contributed by atoms with Gasteiger partial charge in [-0.2, -0.15) is 0 Å². The van der Waals surface area contributed by atoms with Crippen molar-refractivity contribution < 1.29 is 14.3 Å². The molecule has 0 aliphatic rings. The highest BCUT2D eigenvalue weighted by atomic mass is 35.5. The van der Waals surface area contributed by atoms with E-state index in [1.807, 2.05) is 25.1 Å². The Kier molecular flexibility index (Phi) is 6.86. The van der Waals surface area contributed by atoms with Crippen LogP contribution in [0.4, 0.5) is 0 Å². The molecule has 25 heavy (non-hydrogen) atoms. The lowest BCUT2D eigenvalue weighted by Crippen LogP contribution is -2.43. The molecule has 2 N–H and O–H groups in total. The van der Waals surface area contributed by atoms with Gasteiger partial charge in [-0.1, -0.05) is 41.4 Å². The molecular formula is C18H16Cl2N2O3. The number of aryl methyl sites for hydroxylation is 1. The monoisotopic (exact) mass is 378 g/mol. The van der Waals surface area contributed by atoms with E-state index < -0.39 is 11.8 Å². The third kappa shape index (κ3) is 6.49. The summed E-state index contributed by atoms with van der Waals surface area (Å²) >= 11 is 11.8. The van der Waals surface area contributed by atoms with Crippen molar-refractivity contribution in [2.75, 3.05) is 6.61 Å². The maximum atomic E-state index is 11.7. The third-order valence-electron chi connectivity index (χ3n) is 3.06. The van der Waals surface area contributed by atoms with E-state index in [-0.39, 0.29) is 6.61 Å². The van der Waals surface area contributed by atoms with Gasteiger partial charge in [-0.3, -0.25) is 20.4 Å². The highest BCUT2D eigenvalue weighted by molar-refractivity contribution is 6.35. The number of halogens is 2. The second kappa shape index (κ2) is 9.11. The van der Waals surface area contributed by atoms with Crippen LogP contribution in [0.5, 0.6) is 5.75 Å². The number of nitrogens with one attached hydrogen (secondary N) is 2. The minimum absolute atomic E-state index is 0.212. The standard InChI is InChI=1S/C18H16Cl2N2O3/c1-12-3-2-4-15(9-12)25-11-18(24)22-21-17(23)8-6-13-5-7-14(19)10-16(13)20/h2-10H,11H2,1H3,(H,21,23)(H,22,24)/b8-6+. The molecule has 2 aromatic carbocycles. The topological polar surface area (TPSA) is 67.4 Å². The predicted molar refractivity (Wildman–Crippen MR) is 98.5 cm³/mol. The zero-order chi connectivity index (χ0) is 18.2. The van der Waals surface area contributed by atoms with Gasteiger partial charge in [0.25, 0.3) is 11.8 Å². The highest BCUT2D eigenvalue weighted by Gasteiger charge is 2.04. The van der Waals surface area contributed by atoms with Gasteiger partial charge >= 0.3 is 0 Å². The van der Waals surface area contributed by atoms with Gasteiger partial charge in [-0.25, -0.2) is 0 Å². The van der Waals surface area contributed by atoms with E-state index in [2.05, 4.69) is 10.9 Å². The van der Waals surface area contributed by atoms with Crippen LogP contribution in [-0.2, 0) is 9.59 Å². The molecule has 0 saturated carbocycles. The summed E-state index contributed by atoms with van der Waals surface area (Å²) in [6.45, 7) is 1.71. The van der Waals surface area contributed by atoms with Crippen LogP contribution in [0.1, 0.15) is 11.1 Å². The Morgan fingerprint density at radius 1 is 1.12 bits per heavy atom. The number of carbonyl (C=O) groups excluding carboxylic acids is 2. The molecule has 0 aliphatic carbocycles. The van der Waals surface area contributed by atoms with Crippen molar-refractivity contribution in [1.29, 1.82) is 0 Å². The fourth-order valence-electron chi connectivity index (χ4n) is 1.87. The third-order valence-corrected chi connectivity index (χ3v) is 3.62. The van der Waals surface area contributed by atoms with Gasteiger partial charge in [-0.05, 0) is 48.4 Å². The Labute approximate surface area is 155 Å². The fourth-order valence-corrected chi connectivity index (χ4v) is 2.34. The second-order valence-electron chi connectivity index (χ2n) is 5.14. The lowest BCUT2D eigenvalue weighted by molar-refractivity contribution is -0.128. The van der Waals surface area contributed by atoms with Crippen molar-refractivity contribution in [1.82, 2.24) is 10.9 Å². The molecule has 2 amide bonds. The molecule has 2 rings (SSSR count). The van der Waals surface area contributed by atoms with Crippen LogP contribution in [0.2, 0.25) is 10.0 Å². The van der Waals surface area contributed by atoms with Crippen LogP contribution in [0, 0.1) is 6.92 Å². The number of rotatable bonds is 5. The first kappa shape index (κ1) is 18.8. The SMILES string of the molecule is Cc1cccc(OCC(=O)NNC(=O)/C=C/c2ccc(Cl)cc2Cl)c1. The minimum atomic E-state index is -0.505. The Bertz CT molecular complexity index is 807. The van der Waals surface area contributed by atoms with Gasteiger partial charge in [0.15, 0.2) is 6.61 Å². The predicted octanol–water partition coefficient (Wildman–Crippen LogP) is 3.54. The zero-order valence-corrected chi connectivity index (χ0v) is 14.9. The Balaban J connectivity index is 1.77. The van der Waals surface area contributed by atoms with Crippen molar-refractivity contribution in [3.05, 3.63) is 69.7 Å². The molecule has 0 spiro atoms. The molecule has 0 atom stereocenters. The first-order valence-electron chi connectivity index (χ1n) is 7.35. The normalized spacial score (nSPS) is 10.5. The number of hydrazine groups is 1. The van der Waals surface area contributed by atoms with Gasteiger partial charge in [0.2, 0.25) is 0 Å². The summed E-state index contributed by atoms with van der Waals surface area (Å²) in [5, 5.41) is 0.930. The summed E-state index contributed by atoms with van der Waals surface area (Å²) in [7, 11) is 0. The molecule has 0 aliphatic heterocycles. The van der Waals surface area contributed by atoms with Crippen molar-refractivity contribution in [2.45, 2.75) is 6.92 Å². The number of amides is 2. The van der Waals surface area contributed by atoms with Crippen molar-refractivity contribution in [3.8, 4) is 5.75 Å². The molecule has 0 unspecified atom stereocenters. The molecule has 7 heteroatoms. The summed E-state index contributed by atoms with van der Waals surface area (Å²) in [6.07, 6.45) is 2.76. The van der Waals surface area contributed by atoms with E-state index >= 15 is 0 Å². The van der Waals surface area contributed by atoms with Crippen molar-refractivity contribution in [3.63, 3.8) is 0 Å². The van der Waals surface area contributed by atoms with Gasteiger partial charge in [0, 0.05) is 16.1 Å². The molecule has 5 nitrogen and oxygen atoms in total. The lowest BCUT2D eigenvalue weighted by atomic mass is 10.2. The Morgan fingerprint density at radius 2 is 1.92 bits per heavy atom. The maximum absolute atomic E-state index is 11.7. The largest absolute Gasteiger partial charge is 0.484 e. The smallest absolute Gasteiger partial charge is 0.276 e. The van der Waals surface area contributed by atoms with Gasteiger partial charge in [0.05, 0.1) is 0 Å². The average Bonchev–Trinajstić information content (AvgIpc) is 2.57. The summed E-state index contributed by atoms with van der Waals surface area (Å²) in [5.41, 5.74) is 6.17. The van der Waals surface area contributed by atoms with Crippen LogP contribution >= 0.6 is 23.2 Å². The number of ether oxygens (including phenoxy) is 1. The van der Waals surface area contributed by atoms with Crippen LogP contribution < -0.4 is 15.6 Å². The summed E-state index contributed by atoms with van der Waals surface area (Å²) in [6, 6.07) is 12.2. The zero-order valence-electron chi connectivity index (χ0n) is 13.4. The molecule has 0 heterocycles. The average molecular weight is 379 g/mol. The van der Waals surface area contributed by atoms with E-state index in [4.69, 9.17) is 27.9 Å². The van der Waals surface area contributed by atoms with Gasteiger partial charge < -0.3 is 4.74 Å². The van der Waals surface area contributed by atoms with Crippen LogP contribution in [-0.4, -0.2) is 18.4 Å². The molecule has 2 aromatic rings. The summed E-state index contributed by atoms with van der Waals surface area (Å²) in [4.78, 5) is 23.4. The molecule has 0 aromatic heterocycles. The molecule has 0 saturated heterocycles. The van der Waals surface area contributed by atoms with E-state index in [0.717, 1.165) is 5.56 Å². The van der Waals surface area contributed by atoms with Gasteiger partial charge in [0.1, 0.15) is 5.75 Å². The number of hydrogen-bond acceptors (Lipinski definition) is 3. The second-order valence-corrected chi connectivity index (χ2v) is 5.99. The Morgan fingerprint density at radius 3 is 2.64 bits per heavy atom. The first-order chi connectivity index (χ1) is 11.9. The number of carbonyl (C=O) groups is 2. The first-order valence-corrected chi connectivity index (χ1v) is 8.11. The van der Waals surface area contributed by atoms with E-state index in [0.29, 0.717) is 21.4 Å². The Hall–Kier alpha value is -2.50. The van der Waals surface area contributed by atoms with Gasteiger partial charge in [-0.15, -0.1) is 0 Å². The maximum Gasteiger partial charge on any atom is 0.276 e. The molecule has 0 fully saturated rings. The lowest BCUT2D eigenvalue weighted by Gasteiger charge is -2.08. The van der Waals surface area contributed by atoms with E-state index in [1.165, 1.54) is 12.2 Å². The van der Waals surface area contributed by atoms with Crippen molar-refractivity contribution in [2.24, 2.45) is 0 Å². The van der Waals surface area contributed by atoms with E-state index in [1.54, 1.807) is 24.3 Å². The van der Waals surface area contributed by atoms with Crippen LogP contribution in [0.3, 0.4) is 0 Å².